The number of hydrogen-bond acceptors (Lipinski definition) is 6. The monoisotopic (exact) mass is 804 g/mol. The minimum absolute atomic E-state index is 0. The maximum atomic E-state index is 10.5. The number of benzene rings is 3. The van der Waals surface area contributed by atoms with E-state index in [2.05, 4.69) is 0 Å². The van der Waals surface area contributed by atoms with Crippen LogP contribution in [-0.2, 0) is 0 Å². The zero-order chi connectivity index (χ0) is 27.4. The minimum atomic E-state index is -1.23. The molecule has 0 unspecified atom stereocenters. The fourth-order valence-electron chi connectivity index (χ4n) is 2.57. The van der Waals surface area contributed by atoms with Gasteiger partial charge in [-0.15, -0.1) is 0 Å². The average molecular weight is 802 g/mol. The number of hydrogen-bond donors (Lipinski definition) is 6. The van der Waals surface area contributed by atoms with Gasteiger partial charge in [0.2, 0.25) is 0 Å². The van der Waals surface area contributed by atoms with Gasteiger partial charge >= 0.3 is 35.8 Å². The topological polar surface area (TPSA) is 224 Å². The molecule has 38 heavy (non-hydrogen) atoms. The molecular weight excluding hydrogens is 784 g/mol. The molecule has 2 radical (unpaired) electrons. The van der Waals surface area contributed by atoms with Gasteiger partial charge in [-0.25, -0.2) is 28.8 Å². The fourth-order valence-corrected chi connectivity index (χ4v) is 2.57. The average Bonchev–Trinajstić information content (AvgIpc) is 2.84. The maximum Gasteiger partial charge on any atom is 0.336 e. The molecule has 0 spiro atoms. The third-order valence-electron chi connectivity index (χ3n) is 4.16. The summed E-state index contributed by atoms with van der Waals surface area (Å²) in [5.41, 5.74) is -1.14. The molecule has 0 saturated heterocycles. The molecule has 0 aliphatic rings. The van der Waals surface area contributed by atoms with E-state index in [4.69, 9.17) is 30.6 Å². The second-order valence-corrected chi connectivity index (χ2v) is 6.47. The second-order valence-electron chi connectivity index (χ2n) is 6.47. The molecule has 0 saturated carbocycles. The predicted molar refractivity (Wildman–Crippen MR) is 121 cm³/mol. The van der Waals surface area contributed by atoms with Gasteiger partial charge in [0.05, 0.1) is 33.4 Å². The zero-order valence-electron chi connectivity index (χ0n) is 18.8. The molecule has 0 aliphatic heterocycles. The second kappa shape index (κ2) is 18.8. The summed E-state index contributed by atoms with van der Waals surface area (Å²) in [4.78, 5) is 62.8. The Morgan fingerprint density at radius 3 is 0.500 bits per heavy atom. The first-order valence-electron chi connectivity index (χ1n) is 9.55. The molecule has 0 bridgehead atoms. The first-order valence-corrected chi connectivity index (χ1v) is 9.55. The van der Waals surface area contributed by atoms with Crippen LogP contribution >= 0.6 is 0 Å². The molecule has 0 amide bonds. The van der Waals surface area contributed by atoms with Crippen LogP contribution in [0.1, 0.15) is 62.1 Å². The van der Waals surface area contributed by atoms with Crippen molar-refractivity contribution in [1.82, 2.24) is 0 Å². The van der Waals surface area contributed by atoms with E-state index in [1.165, 1.54) is 72.8 Å². The Kier molecular flexibility index (Phi) is 18.7. The van der Waals surface area contributed by atoms with Gasteiger partial charge in [0, 0.05) is 98.8 Å². The summed E-state index contributed by atoms with van der Waals surface area (Å²) in [6, 6.07) is 16.4. The standard InChI is InChI=1S/3C8H6O4.2Eu/c3*9-7(10)5-3-1-2-4-6(5)8(11)12;;/h3*1-4H,(H,9,10)(H,11,12);;. The van der Waals surface area contributed by atoms with E-state index in [-0.39, 0.29) is 132 Å². The Labute approximate surface area is 296 Å². The van der Waals surface area contributed by atoms with Crippen LogP contribution in [0.15, 0.2) is 72.8 Å². The van der Waals surface area contributed by atoms with Gasteiger partial charge in [-0.3, -0.25) is 0 Å². The van der Waals surface area contributed by atoms with Crippen LogP contribution in [0.25, 0.3) is 0 Å². The summed E-state index contributed by atoms with van der Waals surface area (Å²) in [6.45, 7) is 0. The molecule has 0 heterocycles. The summed E-state index contributed by atoms with van der Waals surface area (Å²) in [6.07, 6.45) is 0. The summed E-state index contributed by atoms with van der Waals surface area (Å²) >= 11 is 0. The van der Waals surface area contributed by atoms with Crippen LogP contribution in [0.5, 0.6) is 0 Å². The molecule has 12 nitrogen and oxygen atoms in total. The van der Waals surface area contributed by atoms with E-state index < -0.39 is 35.8 Å². The largest absolute Gasteiger partial charge is 0.478 e. The summed E-state index contributed by atoms with van der Waals surface area (Å²) in [5.74, 6) is -7.37. The van der Waals surface area contributed by atoms with Crippen molar-refractivity contribution in [1.29, 1.82) is 0 Å². The van der Waals surface area contributed by atoms with Crippen molar-refractivity contribution in [3.63, 3.8) is 0 Å². The SMILES string of the molecule is O=C(O)c1ccccc1C(=O)O.O=C(O)c1ccccc1C(=O)O.O=C(O)c1ccccc1C(=O)O.[Eu].[Eu]. The Morgan fingerprint density at radius 1 is 0.316 bits per heavy atom. The van der Waals surface area contributed by atoms with E-state index in [1.807, 2.05) is 0 Å². The van der Waals surface area contributed by atoms with Crippen molar-refractivity contribution in [2.75, 3.05) is 0 Å². The van der Waals surface area contributed by atoms with Crippen LogP contribution in [-0.4, -0.2) is 66.5 Å². The van der Waals surface area contributed by atoms with Crippen molar-refractivity contribution in [3.8, 4) is 0 Å². The van der Waals surface area contributed by atoms with E-state index in [0.717, 1.165) is 0 Å². The molecule has 0 atom stereocenters. The van der Waals surface area contributed by atoms with E-state index in [0.29, 0.717) is 0 Å². The minimum Gasteiger partial charge on any atom is -0.478 e. The smallest absolute Gasteiger partial charge is 0.336 e. The van der Waals surface area contributed by atoms with Gasteiger partial charge in [0.25, 0.3) is 0 Å². The van der Waals surface area contributed by atoms with Gasteiger partial charge < -0.3 is 30.6 Å². The van der Waals surface area contributed by atoms with Crippen LogP contribution in [0.2, 0.25) is 0 Å². The molecule has 3 rings (SSSR count). The first kappa shape index (κ1) is 37.8. The first-order chi connectivity index (χ1) is 16.9. The Morgan fingerprint density at radius 2 is 0.421 bits per heavy atom. The molecule has 14 heteroatoms. The van der Waals surface area contributed by atoms with Crippen molar-refractivity contribution in [3.05, 3.63) is 106 Å². The third-order valence-corrected chi connectivity index (χ3v) is 4.16. The van der Waals surface area contributed by atoms with Gasteiger partial charge in [0.15, 0.2) is 0 Å². The molecule has 0 fully saturated rings. The van der Waals surface area contributed by atoms with Gasteiger partial charge in [0.1, 0.15) is 0 Å². The summed E-state index contributed by atoms with van der Waals surface area (Å²) in [7, 11) is 0. The van der Waals surface area contributed by atoms with E-state index >= 15 is 0 Å². The van der Waals surface area contributed by atoms with Crippen molar-refractivity contribution < 1.29 is 158 Å². The van der Waals surface area contributed by atoms with Crippen LogP contribution in [0.3, 0.4) is 0 Å². The molecular formula is C24H18Eu2O12. The van der Waals surface area contributed by atoms with Gasteiger partial charge in [-0.1, -0.05) is 36.4 Å². The Balaban J connectivity index is 0. The number of carbonyl (C=O) groups is 6. The maximum absolute atomic E-state index is 10.5. The number of aromatic carboxylic acids is 6. The van der Waals surface area contributed by atoms with Crippen LogP contribution in [0, 0.1) is 98.8 Å². The molecule has 3 aromatic rings. The molecule has 0 aliphatic carbocycles. The summed E-state index contributed by atoms with van der Waals surface area (Å²) in [5, 5.41) is 51.3. The molecule has 6 N–H and O–H groups in total. The number of carboxylic acids is 6. The fraction of sp³-hybridized carbons (Fsp3) is 0. The van der Waals surface area contributed by atoms with Gasteiger partial charge in [-0.2, -0.15) is 0 Å². The van der Waals surface area contributed by atoms with Crippen LogP contribution < -0.4 is 0 Å². The third kappa shape index (κ3) is 12.0. The van der Waals surface area contributed by atoms with E-state index in [9.17, 15) is 28.8 Å². The van der Waals surface area contributed by atoms with Crippen molar-refractivity contribution in [2.45, 2.75) is 0 Å². The quantitative estimate of drug-likeness (QED) is 0.212. The Bertz CT molecular complexity index is 1060. The van der Waals surface area contributed by atoms with E-state index in [1.54, 1.807) is 0 Å². The van der Waals surface area contributed by atoms with Crippen LogP contribution in [0.4, 0.5) is 0 Å². The molecule has 200 valence electrons. The molecule has 3 aromatic carbocycles. The molecule has 0 aromatic heterocycles. The predicted octanol–water partition coefficient (Wildman–Crippen LogP) is 3.25. The van der Waals surface area contributed by atoms with Crippen molar-refractivity contribution >= 4 is 35.8 Å². The van der Waals surface area contributed by atoms with Gasteiger partial charge in [-0.05, 0) is 36.4 Å². The number of rotatable bonds is 6. The van der Waals surface area contributed by atoms with Crippen molar-refractivity contribution in [2.24, 2.45) is 0 Å². The number of carboxylic acid groups (broad SMARTS) is 6. The normalized spacial score (nSPS) is 8.84. The zero-order valence-corrected chi connectivity index (χ0v) is 23.7. The summed E-state index contributed by atoms with van der Waals surface area (Å²) < 4.78 is 0. The Hall–Kier alpha value is -2.35.